The summed E-state index contributed by atoms with van der Waals surface area (Å²) >= 11 is 1.51. The van der Waals surface area contributed by atoms with Crippen LogP contribution in [0.2, 0.25) is 0 Å². The van der Waals surface area contributed by atoms with Gasteiger partial charge in [0.25, 0.3) is 0 Å². The van der Waals surface area contributed by atoms with E-state index in [0.717, 1.165) is 9.88 Å². The van der Waals surface area contributed by atoms with Gasteiger partial charge in [0.1, 0.15) is 0 Å². The quantitative estimate of drug-likeness (QED) is 0.757. The van der Waals surface area contributed by atoms with Crippen LogP contribution in [-0.4, -0.2) is 27.6 Å². The maximum absolute atomic E-state index is 11.6. The van der Waals surface area contributed by atoms with Crippen LogP contribution in [0.25, 0.3) is 0 Å². The van der Waals surface area contributed by atoms with E-state index in [0.29, 0.717) is 6.54 Å². The number of aromatic nitrogens is 1. The first kappa shape index (κ1) is 14.4. The second-order valence-corrected chi connectivity index (χ2v) is 5.93. The van der Waals surface area contributed by atoms with Gasteiger partial charge in [-0.15, -0.1) is 11.3 Å². The van der Waals surface area contributed by atoms with Crippen molar-refractivity contribution in [1.82, 2.24) is 15.6 Å². The number of aliphatic carboxylic acids is 1. The number of hydrogen-bond donors (Lipinski definition) is 3. The summed E-state index contributed by atoms with van der Waals surface area (Å²) in [7, 11) is 0. The normalized spacial score (nSPS) is 11.1. The number of thiazole rings is 1. The van der Waals surface area contributed by atoms with Crippen molar-refractivity contribution >= 4 is 23.3 Å². The summed E-state index contributed by atoms with van der Waals surface area (Å²) in [6, 6.07) is -0.382. The Morgan fingerprint density at radius 1 is 1.50 bits per heavy atom. The number of aryl methyl sites for hydroxylation is 1. The van der Waals surface area contributed by atoms with Gasteiger partial charge < -0.3 is 15.7 Å². The van der Waals surface area contributed by atoms with Crippen molar-refractivity contribution in [2.45, 2.75) is 39.3 Å². The molecule has 0 aliphatic rings. The van der Waals surface area contributed by atoms with E-state index in [1.165, 1.54) is 11.3 Å². The summed E-state index contributed by atoms with van der Waals surface area (Å²) in [4.78, 5) is 27.2. The fraction of sp³-hybridized carbons (Fsp3) is 0.545. The second kappa shape index (κ2) is 5.81. The first-order valence-electron chi connectivity index (χ1n) is 5.47. The predicted molar refractivity (Wildman–Crippen MR) is 68.6 cm³/mol. The molecule has 2 amide bonds. The van der Waals surface area contributed by atoms with Crippen LogP contribution in [0.3, 0.4) is 0 Å². The number of nitrogens with zero attached hydrogens (tertiary/aromatic N) is 1. The van der Waals surface area contributed by atoms with E-state index in [2.05, 4.69) is 15.6 Å². The van der Waals surface area contributed by atoms with Gasteiger partial charge in [0.2, 0.25) is 0 Å². The number of rotatable bonds is 5. The third-order valence-corrected chi connectivity index (χ3v) is 3.05. The fourth-order valence-corrected chi connectivity index (χ4v) is 2.16. The minimum atomic E-state index is -0.946. The Balaban J connectivity index is 2.39. The van der Waals surface area contributed by atoms with Crippen LogP contribution in [0.1, 0.15) is 30.2 Å². The van der Waals surface area contributed by atoms with Crippen molar-refractivity contribution in [3.05, 3.63) is 16.1 Å². The molecule has 0 saturated heterocycles. The van der Waals surface area contributed by atoms with E-state index in [4.69, 9.17) is 5.11 Å². The van der Waals surface area contributed by atoms with Crippen LogP contribution >= 0.6 is 11.3 Å². The van der Waals surface area contributed by atoms with Gasteiger partial charge in [0, 0.05) is 16.6 Å². The lowest BCUT2D eigenvalue weighted by Crippen LogP contribution is -2.49. The molecule has 100 valence electrons. The van der Waals surface area contributed by atoms with Crippen LogP contribution in [-0.2, 0) is 11.3 Å². The summed E-state index contributed by atoms with van der Waals surface area (Å²) in [5.74, 6) is -0.946. The van der Waals surface area contributed by atoms with E-state index >= 15 is 0 Å². The Kier molecular flexibility index (Phi) is 4.66. The molecule has 0 aliphatic heterocycles. The first-order chi connectivity index (χ1) is 8.28. The largest absolute Gasteiger partial charge is 0.481 e. The molecule has 0 aromatic carbocycles. The summed E-state index contributed by atoms with van der Waals surface area (Å²) < 4.78 is 0. The zero-order valence-electron chi connectivity index (χ0n) is 10.6. The Hall–Kier alpha value is -1.63. The molecule has 0 radical (unpaired) electrons. The first-order valence-corrected chi connectivity index (χ1v) is 6.29. The zero-order chi connectivity index (χ0) is 13.8. The lowest BCUT2D eigenvalue weighted by molar-refractivity contribution is -0.138. The highest BCUT2D eigenvalue weighted by Gasteiger charge is 2.23. The van der Waals surface area contributed by atoms with Crippen molar-refractivity contribution in [3.8, 4) is 0 Å². The smallest absolute Gasteiger partial charge is 0.315 e. The molecule has 0 saturated carbocycles. The van der Waals surface area contributed by atoms with Crippen molar-refractivity contribution in [3.63, 3.8) is 0 Å². The summed E-state index contributed by atoms with van der Waals surface area (Å²) in [6.45, 7) is 5.61. The number of carboxylic acids is 1. The standard InChI is InChI=1S/C11H17N3O3S/c1-7-12-5-8(18-7)6-13-10(17)14-11(2,3)4-9(15)16/h5H,4,6H2,1-3H3,(H,15,16)(H2,13,14,17). The Labute approximate surface area is 109 Å². The molecule has 1 aromatic rings. The minimum Gasteiger partial charge on any atom is -0.481 e. The van der Waals surface area contributed by atoms with Crippen LogP contribution in [0.5, 0.6) is 0 Å². The summed E-state index contributed by atoms with van der Waals surface area (Å²) in [6.07, 6.45) is 1.59. The molecule has 6 nitrogen and oxygen atoms in total. The molecular formula is C11H17N3O3S. The monoisotopic (exact) mass is 271 g/mol. The second-order valence-electron chi connectivity index (χ2n) is 4.61. The molecule has 1 rings (SSSR count). The Morgan fingerprint density at radius 2 is 2.17 bits per heavy atom. The highest BCUT2D eigenvalue weighted by Crippen LogP contribution is 2.11. The van der Waals surface area contributed by atoms with Crippen molar-refractivity contribution < 1.29 is 14.7 Å². The third-order valence-electron chi connectivity index (χ3n) is 2.14. The molecule has 0 bridgehead atoms. The van der Waals surface area contributed by atoms with E-state index < -0.39 is 11.5 Å². The van der Waals surface area contributed by atoms with E-state index in [1.807, 2.05) is 6.92 Å². The van der Waals surface area contributed by atoms with E-state index in [1.54, 1.807) is 20.0 Å². The van der Waals surface area contributed by atoms with Crippen LogP contribution < -0.4 is 10.6 Å². The van der Waals surface area contributed by atoms with Gasteiger partial charge in [0.05, 0.1) is 18.0 Å². The zero-order valence-corrected chi connectivity index (χ0v) is 11.4. The number of hydrogen-bond acceptors (Lipinski definition) is 4. The molecule has 0 fully saturated rings. The lowest BCUT2D eigenvalue weighted by Gasteiger charge is -2.24. The maximum atomic E-state index is 11.6. The van der Waals surface area contributed by atoms with Gasteiger partial charge in [-0.1, -0.05) is 0 Å². The minimum absolute atomic E-state index is 0.125. The Bertz CT molecular complexity index is 442. The highest BCUT2D eigenvalue weighted by molar-refractivity contribution is 7.11. The molecule has 1 aromatic heterocycles. The van der Waals surface area contributed by atoms with Gasteiger partial charge in [-0.2, -0.15) is 0 Å². The summed E-state index contributed by atoms with van der Waals surface area (Å²) in [5.41, 5.74) is -0.778. The molecule has 18 heavy (non-hydrogen) atoms. The number of carboxylic acid groups (broad SMARTS) is 1. The number of urea groups is 1. The van der Waals surface area contributed by atoms with Gasteiger partial charge in [-0.25, -0.2) is 9.78 Å². The van der Waals surface area contributed by atoms with E-state index in [9.17, 15) is 9.59 Å². The SMILES string of the molecule is Cc1ncc(CNC(=O)NC(C)(C)CC(=O)O)s1. The summed E-state index contributed by atoms with van der Waals surface area (Å²) in [5, 5.41) is 14.9. The van der Waals surface area contributed by atoms with E-state index in [-0.39, 0.29) is 12.5 Å². The molecule has 3 N–H and O–H groups in total. The topological polar surface area (TPSA) is 91.3 Å². The molecule has 0 atom stereocenters. The highest BCUT2D eigenvalue weighted by atomic mass is 32.1. The van der Waals surface area contributed by atoms with Gasteiger partial charge >= 0.3 is 12.0 Å². The number of carbonyl (C=O) groups is 2. The number of amides is 2. The van der Waals surface area contributed by atoms with Crippen molar-refractivity contribution in [2.24, 2.45) is 0 Å². The van der Waals surface area contributed by atoms with Crippen LogP contribution in [0.4, 0.5) is 4.79 Å². The molecule has 7 heteroatoms. The molecule has 0 unspecified atom stereocenters. The van der Waals surface area contributed by atoms with Crippen LogP contribution in [0, 0.1) is 6.92 Å². The third kappa shape index (κ3) is 5.13. The maximum Gasteiger partial charge on any atom is 0.315 e. The average molecular weight is 271 g/mol. The van der Waals surface area contributed by atoms with Crippen LogP contribution in [0.15, 0.2) is 6.20 Å². The molecule has 1 heterocycles. The number of nitrogens with one attached hydrogen (secondary N) is 2. The fourth-order valence-electron chi connectivity index (χ4n) is 1.43. The van der Waals surface area contributed by atoms with Gasteiger partial charge in [-0.3, -0.25) is 4.79 Å². The predicted octanol–water partition coefficient (Wildman–Crippen LogP) is 1.50. The van der Waals surface area contributed by atoms with Gasteiger partial charge in [0.15, 0.2) is 0 Å². The number of carbonyl (C=O) groups excluding carboxylic acids is 1. The Morgan fingerprint density at radius 3 is 2.67 bits per heavy atom. The van der Waals surface area contributed by atoms with Gasteiger partial charge in [-0.05, 0) is 20.8 Å². The molecule has 0 spiro atoms. The average Bonchev–Trinajstić information content (AvgIpc) is 2.58. The molecule has 0 aliphatic carbocycles. The molecular weight excluding hydrogens is 254 g/mol. The lowest BCUT2D eigenvalue weighted by atomic mass is 10.0. The van der Waals surface area contributed by atoms with Crippen molar-refractivity contribution in [2.75, 3.05) is 0 Å². The van der Waals surface area contributed by atoms with Crippen molar-refractivity contribution in [1.29, 1.82) is 0 Å².